The van der Waals surface area contributed by atoms with Crippen LogP contribution in [0.2, 0.25) is 0 Å². The Morgan fingerprint density at radius 2 is 1.40 bits per heavy atom. The maximum atomic E-state index is 10.7. The lowest BCUT2D eigenvalue weighted by Crippen LogP contribution is -2.54. The molecule has 9 unspecified atom stereocenters. The van der Waals surface area contributed by atoms with Crippen molar-refractivity contribution in [2.75, 3.05) is 0 Å². The highest BCUT2D eigenvalue weighted by Gasteiger charge is 2.55. The molecular weight excluding hydrogens is 252 g/mol. The Labute approximate surface area is 121 Å². The maximum absolute atomic E-state index is 10.7. The summed E-state index contributed by atoms with van der Waals surface area (Å²) in [6.45, 7) is 0. The zero-order valence-corrected chi connectivity index (χ0v) is 12.2. The van der Waals surface area contributed by atoms with Crippen molar-refractivity contribution in [3.05, 3.63) is 0 Å². The molecule has 0 aromatic heterocycles. The summed E-state index contributed by atoms with van der Waals surface area (Å²) < 4.78 is 0. The van der Waals surface area contributed by atoms with Crippen LogP contribution in [0.15, 0.2) is 0 Å². The van der Waals surface area contributed by atoms with Crippen LogP contribution in [0, 0.1) is 35.5 Å². The minimum absolute atomic E-state index is 0.137. The molecule has 4 rings (SSSR count). The van der Waals surface area contributed by atoms with Crippen LogP contribution in [0.4, 0.5) is 0 Å². The summed E-state index contributed by atoms with van der Waals surface area (Å²) in [4.78, 5) is 0. The standard InChI is InChI=1S/C17H28O3/c18-10-4-5-11-9(6-10)7-16(20)17-13-3-1-2-12(13)15(19)8-14(11)17/h9-20H,1-8H2. The average Bonchev–Trinajstić information content (AvgIpc) is 2.87. The zero-order chi connectivity index (χ0) is 13.9. The van der Waals surface area contributed by atoms with Gasteiger partial charge in [-0.1, -0.05) is 6.42 Å². The van der Waals surface area contributed by atoms with Crippen molar-refractivity contribution >= 4 is 0 Å². The van der Waals surface area contributed by atoms with Crippen molar-refractivity contribution in [1.82, 2.24) is 0 Å². The van der Waals surface area contributed by atoms with E-state index in [2.05, 4.69) is 0 Å². The van der Waals surface area contributed by atoms with E-state index in [1.165, 1.54) is 12.8 Å². The van der Waals surface area contributed by atoms with Gasteiger partial charge in [-0.05, 0) is 80.5 Å². The summed E-state index contributed by atoms with van der Waals surface area (Å²) in [6, 6.07) is 0. The molecule has 4 aliphatic rings. The van der Waals surface area contributed by atoms with E-state index < -0.39 is 0 Å². The van der Waals surface area contributed by atoms with Crippen LogP contribution in [-0.2, 0) is 0 Å². The van der Waals surface area contributed by atoms with Crippen molar-refractivity contribution in [2.24, 2.45) is 35.5 Å². The van der Waals surface area contributed by atoms with Gasteiger partial charge in [0.2, 0.25) is 0 Å². The van der Waals surface area contributed by atoms with Crippen LogP contribution < -0.4 is 0 Å². The second kappa shape index (κ2) is 4.96. The smallest absolute Gasteiger partial charge is 0.0576 e. The van der Waals surface area contributed by atoms with E-state index in [0.29, 0.717) is 35.5 Å². The molecule has 0 amide bonds. The quantitative estimate of drug-likeness (QED) is 0.635. The van der Waals surface area contributed by atoms with Gasteiger partial charge in [0.05, 0.1) is 18.3 Å². The van der Waals surface area contributed by atoms with E-state index in [4.69, 9.17) is 0 Å². The van der Waals surface area contributed by atoms with Gasteiger partial charge in [-0.15, -0.1) is 0 Å². The van der Waals surface area contributed by atoms with Crippen molar-refractivity contribution in [2.45, 2.75) is 69.7 Å². The highest BCUT2D eigenvalue weighted by atomic mass is 16.3. The lowest BCUT2D eigenvalue weighted by molar-refractivity contribution is -0.139. The van der Waals surface area contributed by atoms with Gasteiger partial charge < -0.3 is 15.3 Å². The van der Waals surface area contributed by atoms with Crippen LogP contribution in [0.3, 0.4) is 0 Å². The molecule has 0 aromatic carbocycles. The maximum Gasteiger partial charge on any atom is 0.0576 e. The molecule has 3 N–H and O–H groups in total. The minimum Gasteiger partial charge on any atom is -0.393 e. The monoisotopic (exact) mass is 280 g/mol. The van der Waals surface area contributed by atoms with Crippen molar-refractivity contribution in [3.8, 4) is 0 Å². The summed E-state index contributed by atoms with van der Waals surface area (Å²) in [5, 5.41) is 31.1. The number of aliphatic hydroxyl groups is 3. The van der Waals surface area contributed by atoms with Crippen molar-refractivity contribution in [1.29, 1.82) is 0 Å². The Kier molecular flexibility index (Phi) is 3.36. The molecule has 114 valence electrons. The largest absolute Gasteiger partial charge is 0.393 e. The Balaban J connectivity index is 1.61. The topological polar surface area (TPSA) is 60.7 Å². The first kappa shape index (κ1) is 13.5. The Bertz CT molecular complexity index is 371. The molecule has 3 nitrogen and oxygen atoms in total. The molecule has 0 heterocycles. The number of fused-ring (bicyclic) bond motifs is 5. The Hall–Kier alpha value is -0.120. The molecule has 4 saturated carbocycles. The summed E-state index contributed by atoms with van der Waals surface area (Å²) in [5.41, 5.74) is 0. The van der Waals surface area contributed by atoms with Crippen molar-refractivity contribution in [3.63, 3.8) is 0 Å². The fourth-order valence-corrected chi connectivity index (χ4v) is 6.50. The molecular formula is C17H28O3. The fraction of sp³-hybridized carbons (Fsp3) is 1.00. The third kappa shape index (κ3) is 1.97. The lowest BCUT2D eigenvalue weighted by Gasteiger charge is -2.55. The lowest BCUT2D eigenvalue weighted by atomic mass is 9.52. The Morgan fingerprint density at radius 3 is 2.25 bits per heavy atom. The molecule has 0 radical (unpaired) electrons. The average molecular weight is 280 g/mol. The van der Waals surface area contributed by atoms with Crippen LogP contribution >= 0.6 is 0 Å². The number of hydrogen-bond acceptors (Lipinski definition) is 3. The third-order valence-corrected chi connectivity index (χ3v) is 7.17. The minimum atomic E-state index is -0.190. The van der Waals surface area contributed by atoms with E-state index in [1.54, 1.807) is 0 Å². The van der Waals surface area contributed by atoms with E-state index in [9.17, 15) is 15.3 Å². The summed E-state index contributed by atoms with van der Waals surface area (Å²) >= 11 is 0. The first-order chi connectivity index (χ1) is 9.65. The predicted octanol–water partition coefficient (Wildman–Crippen LogP) is 1.94. The molecule has 0 aromatic rings. The van der Waals surface area contributed by atoms with Gasteiger partial charge in [0, 0.05) is 0 Å². The summed E-state index contributed by atoms with van der Waals surface area (Å²) in [5.74, 6) is 3.08. The van der Waals surface area contributed by atoms with E-state index in [1.807, 2.05) is 0 Å². The summed E-state index contributed by atoms with van der Waals surface area (Å²) in [6.07, 6.45) is 7.80. The van der Waals surface area contributed by atoms with Gasteiger partial charge >= 0.3 is 0 Å². The molecule has 20 heavy (non-hydrogen) atoms. The molecule has 4 aliphatic carbocycles. The van der Waals surface area contributed by atoms with E-state index in [-0.39, 0.29) is 18.3 Å². The van der Waals surface area contributed by atoms with Gasteiger partial charge in [-0.2, -0.15) is 0 Å². The second-order valence-electron chi connectivity index (χ2n) is 8.00. The van der Waals surface area contributed by atoms with Gasteiger partial charge in [-0.3, -0.25) is 0 Å². The SMILES string of the molecule is OC1CCC2C(C1)CC(O)C1C3CCCC3C(O)CC21. The van der Waals surface area contributed by atoms with Gasteiger partial charge in [0.15, 0.2) is 0 Å². The Morgan fingerprint density at radius 1 is 0.600 bits per heavy atom. The fourth-order valence-electron chi connectivity index (χ4n) is 6.50. The van der Waals surface area contributed by atoms with Crippen LogP contribution in [-0.4, -0.2) is 33.6 Å². The number of aliphatic hydroxyl groups excluding tert-OH is 3. The highest BCUT2D eigenvalue weighted by Crippen LogP contribution is 2.57. The van der Waals surface area contributed by atoms with Gasteiger partial charge in [0.25, 0.3) is 0 Å². The van der Waals surface area contributed by atoms with Gasteiger partial charge in [-0.25, -0.2) is 0 Å². The predicted molar refractivity (Wildman–Crippen MR) is 75.9 cm³/mol. The zero-order valence-electron chi connectivity index (χ0n) is 12.2. The summed E-state index contributed by atoms with van der Waals surface area (Å²) in [7, 11) is 0. The van der Waals surface area contributed by atoms with Crippen LogP contribution in [0.1, 0.15) is 51.4 Å². The van der Waals surface area contributed by atoms with Crippen molar-refractivity contribution < 1.29 is 15.3 Å². The van der Waals surface area contributed by atoms with E-state index in [0.717, 1.165) is 38.5 Å². The molecule has 0 aliphatic heterocycles. The molecule has 0 bridgehead atoms. The molecule has 0 spiro atoms. The van der Waals surface area contributed by atoms with Crippen LogP contribution in [0.25, 0.3) is 0 Å². The molecule has 3 heteroatoms. The molecule has 0 saturated heterocycles. The normalized spacial score (nSPS) is 58.6. The molecule has 9 atom stereocenters. The van der Waals surface area contributed by atoms with Gasteiger partial charge in [0.1, 0.15) is 0 Å². The second-order valence-corrected chi connectivity index (χ2v) is 8.00. The molecule has 4 fully saturated rings. The number of hydrogen-bond donors (Lipinski definition) is 3. The highest BCUT2D eigenvalue weighted by molar-refractivity contribution is 5.04. The first-order valence-electron chi connectivity index (χ1n) is 8.69. The van der Waals surface area contributed by atoms with Crippen LogP contribution in [0.5, 0.6) is 0 Å². The number of rotatable bonds is 0. The first-order valence-corrected chi connectivity index (χ1v) is 8.69. The van der Waals surface area contributed by atoms with E-state index >= 15 is 0 Å². The third-order valence-electron chi connectivity index (χ3n) is 7.17.